The topological polar surface area (TPSA) is 9.23 Å². The van der Waals surface area contributed by atoms with E-state index in [9.17, 15) is 0 Å². The molecule has 1 aromatic rings. The van der Waals surface area contributed by atoms with Gasteiger partial charge in [-0.2, -0.15) is 0 Å². The summed E-state index contributed by atoms with van der Waals surface area (Å²) in [6.45, 7) is 2.29. The molecule has 0 spiro atoms. The van der Waals surface area contributed by atoms with Crippen LogP contribution in [0.5, 0.6) is 5.75 Å². The quantitative estimate of drug-likeness (QED) is 0.432. The number of rotatable bonds is 11. The lowest BCUT2D eigenvalue weighted by Crippen LogP contribution is -1.87. The zero-order valence-corrected chi connectivity index (χ0v) is 13.9. The molecule has 1 aromatic carbocycles. The van der Waals surface area contributed by atoms with E-state index >= 15 is 0 Å². The number of hydrogen-bond acceptors (Lipinski definition) is 1. The number of benzene rings is 1. The van der Waals surface area contributed by atoms with Crippen LogP contribution in [0.3, 0.4) is 0 Å². The van der Waals surface area contributed by atoms with Gasteiger partial charge < -0.3 is 4.74 Å². The molecule has 0 saturated heterocycles. The predicted octanol–water partition coefficient (Wildman–Crippen LogP) is 6.33. The molecule has 1 heteroatoms. The maximum atomic E-state index is 5.22. The minimum Gasteiger partial charge on any atom is -0.497 e. The van der Waals surface area contributed by atoms with Crippen molar-refractivity contribution < 1.29 is 4.74 Å². The summed E-state index contributed by atoms with van der Waals surface area (Å²) in [7, 11) is 1.73. The lowest BCUT2D eigenvalue weighted by Gasteiger charge is -2.04. The first-order valence-electron chi connectivity index (χ1n) is 8.99. The number of methoxy groups -OCH3 is 1. The van der Waals surface area contributed by atoms with Crippen LogP contribution in [0.15, 0.2) is 24.3 Å². The molecule has 1 aliphatic rings. The van der Waals surface area contributed by atoms with Crippen molar-refractivity contribution in [2.24, 2.45) is 5.92 Å². The molecule has 1 fully saturated rings. The van der Waals surface area contributed by atoms with E-state index < -0.39 is 0 Å². The second-order valence-electron chi connectivity index (χ2n) is 6.64. The fourth-order valence-corrected chi connectivity index (χ4v) is 3.37. The lowest BCUT2D eigenvalue weighted by atomic mass is 10.0. The van der Waals surface area contributed by atoms with Gasteiger partial charge in [0.1, 0.15) is 5.75 Å². The van der Waals surface area contributed by atoms with Gasteiger partial charge in [-0.05, 0) is 42.4 Å². The molecule has 2 rings (SSSR count). The van der Waals surface area contributed by atoms with Gasteiger partial charge in [-0.15, -0.1) is 0 Å². The van der Waals surface area contributed by atoms with Gasteiger partial charge in [0.05, 0.1) is 7.11 Å². The average Bonchev–Trinajstić information content (AvgIpc) is 3.29. The van der Waals surface area contributed by atoms with Gasteiger partial charge in [0.25, 0.3) is 0 Å². The van der Waals surface area contributed by atoms with Gasteiger partial charge >= 0.3 is 0 Å². The van der Waals surface area contributed by atoms with Gasteiger partial charge in [0.2, 0.25) is 0 Å². The van der Waals surface area contributed by atoms with Gasteiger partial charge in [-0.3, -0.25) is 0 Å². The highest BCUT2D eigenvalue weighted by molar-refractivity contribution is 5.32. The molecule has 0 N–H and O–H groups in total. The lowest BCUT2D eigenvalue weighted by molar-refractivity contribution is 0.414. The van der Waals surface area contributed by atoms with Crippen molar-refractivity contribution in [2.45, 2.75) is 77.0 Å². The number of hydrogen-bond donors (Lipinski definition) is 0. The van der Waals surface area contributed by atoms with Crippen LogP contribution in [0.25, 0.3) is 0 Å². The molecule has 0 heterocycles. The van der Waals surface area contributed by atoms with Crippen LogP contribution < -0.4 is 4.74 Å². The van der Waals surface area contributed by atoms with Crippen molar-refractivity contribution in [1.82, 2.24) is 0 Å². The maximum absolute atomic E-state index is 5.22. The molecular weight excluding hydrogens is 256 g/mol. The number of ether oxygens (including phenoxy) is 1. The Morgan fingerprint density at radius 3 is 2.14 bits per heavy atom. The third-order valence-electron chi connectivity index (χ3n) is 4.90. The molecule has 21 heavy (non-hydrogen) atoms. The molecule has 2 atom stereocenters. The predicted molar refractivity (Wildman–Crippen MR) is 91.1 cm³/mol. The summed E-state index contributed by atoms with van der Waals surface area (Å²) < 4.78 is 5.22. The van der Waals surface area contributed by atoms with Crippen LogP contribution in [0.1, 0.15) is 82.6 Å². The van der Waals surface area contributed by atoms with E-state index in [1.54, 1.807) is 7.11 Å². The summed E-state index contributed by atoms with van der Waals surface area (Å²) in [6, 6.07) is 8.69. The van der Waals surface area contributed by atoms with Gasteiger partial charge in [0.15, 0.2) is 0 Å². The monoisotopic (exact) mass is 288 g/mol. The Balaban J connectivity index is 1.51. The minimum atomic E-state index is 0.834. The fourth-order valence-electron chi connectivity index (χ4n) is 3.37. The zero-order valence-electron chi connectivity index (χ0n) is 13.9. The standard InChI is InChI=1S/C20H32O/c1-3-4-5-6-7-8-9-10-11-18-16-20(18)17-12-14-19(21-2)15-13-17/h12-15,18,20H,3-11,16H2,1-2H3. The zero-order chi connectivity index (χ0) is 14.9. The van der Waals surface area contributed by atoms with E-state index in [2.05, 4.69) is 31.2 Å². The second kappa shape index (κ2) is 9.12. The van der Waals surface area contributed by atoms with E-state index in [-0.39, 0.29) is 0 Å². The van der Waals surface area contributed by atoms with Crippen LogP contribution >= 0.6 is 0 Å². The van der Waals surface area contributed by atoms with Crippen LogP contribution in [0.4, 0.5) is 0 Å². The largest absolute Gasteiger partial charge is 0.497 e. The highest BCUT2D eigenvalue weighted by Gasteiger charge is 2.37. The Morgan fingerprint density at radius 2 is 1.52 bits per heavy atom. The molecule has 1 aliphatic carbocycles. The van der Waals surface area contributed by atoms with Gasteiger partial charge in [-0.1, -0.05) is 70.4 Å². The molecule has 1 saturated carbocycles. The van der Waals surface area contributed by atoms with Crippen LogP contribution in [0.2, 0.25) is 0 Å². The van der Waals surface area contributed by atoms with Gasteiger partial charge in [-0.25, -0.2) is 0 Å². The van der Waals surface area contributed by atoms with Crippen molar-refractivity contribution in [2.75, 3.05) is 7.11 Å². The highest BCUT2D eigenvalue weighted by Crippen LogP contribution is 2.50. The van der Waals surface area contributed by atoms with E-state index in [0.717, 1.165) is 17.6 Å². The Hall–Kier alpha value is -0.980. The van der Waals surface area contributed by atoms with Crippen molar-refractivity contribution in [3.63, 3.8) is 0 Å². The summed E-state index contributed by atoms with van der Waals surface area (Å²) in [5.74, 6) is 2.76. The van der Waals surface area contributed by atoms with Crippen molar-refractivity contribution in [3.05, 3.63) is 29.8 Å². The molecule has 2 unspecified atom stereocenters. The van der Waals surface area contributed by atoms with Crippen LogP contribution in [-0.2, 0) is 0 Å². The molecule has 0 radical (unpaired) electrons. The Kier molecular flexibility index (Phi) is 7.12. The molecule has 0 bridgehead atoms. The summed E-state index contributed by atoms with van der Waals surface area (Å²) in [5, 5.41) is 0. The molecule has 0 amide bonds. The summed E-state index contributed by atoms with van der Waals surface area (Å²) >= 11 is 0. The van der Waals surface area contributed by atoms with Crippen LogP contribution in [-0.4, -0.2) is 7.11 Å². The molecule has 118 valence electrons. The highest BCUT2D eigenvalue weighted by atomic mass is 16.5. The first-order chi connectivity index (χ1) is 10.3. The maximum Gasteiger partial charge on any atom is 0.118 e. The van der Waals surface area contributed by atoms with Crippen molar-refractivity contribution >= 4 is 0 Å². The van der Waals surface area contributed by atoms with Crippen LogP contribution in [0, 0.1) is 5.92 Å². The van der Waals surface area contributed by atoms with E-state index in [0.29, 0.717) is 0 Å². The first-order valence-corrected chi connectivity index (χ1v) is 8.99. The minimum absolute atomic E-state index is 0.834. The molecule has 1 nitrogen and oxygen atoms in total. The van der Waals surface area contributed by atoms with E-state index in [4.69, 9.17) is 4.74 Å². The van der Waals surface area contributed by atoms with Gasteiger partial charge in [0, 0.05) is 0 Å². The smallest absolute Gasteiger partial charge is 0.118 e. The summed E-state index contributed by atoms with van der Waals surface area (Å²) in [5.41, 5.74) is 1.51. The molecular formula is C20H32O. The third kappa shape index (κ3) is 5.73. The fraction of sp³-hybridized carbons (Fsp3) is 0.700. The van der Waals surface area contributed by atoms with E-state index in [1.165, 1.54) is 69.8 Å². The third-order valence-corrected chi connectivity index (χ3v) is 4.90. The number of unbranched alkanes of at least 4 members (excludes halogenated alkanes) is 7. The second-order valence-corrected chi connectivity index (χ2v) is 6.64. The SMILES string of the molecule is CCCCCCCCCCC1CC1c1ccc(OC)cc1. The Morgan fingerprint density at radius 1 is 0.905 bits per heavy atom. The first kappa shape index (κ1) is 16.4. The molecule has 0 aliphatic heterocycles. The Bertz CT molecular complexity index is 381. The summed E-state index contributed by atoms with van der Waals surface area (Å²) in [6.07, 6.45) is 14.3. The van der Waals surface area contributed by atoms with Crippen molar-refractivity contribution in [3.8, 4) is 5.75 Å². The molecule has 0 aromatic heterocycles. The summed E-state index contributed by atoms with van der Waals surface area (Å²) in [4.78, 5) is 0. The van der Waals surface area contributed by atoms with Crippen molar-refractivity contribution in [1.29, 1.82) is 0 Å². The Labute approximate surface area is 131 Å². The average molecular weight is 288 g/mol. The van der Waals surface area contributed by atoms with E-state index in [1.807, 2.05) is 0 Å². The normalized spacial score (nSPS) is 20.5.